The van der Waals surface area contributed by atoms with Gasteiger partial charge in [0.15, 0.2) is 30.4 Å². The second-order valence-electron chi connectivity index (χ2n) is 17.3. The van der Waals surface area contributed by atoms with Crippen LogP contribution >= 0.6 is 11.8 Å². The van der Waals surface area contributed by atoms with Crippen molar-refractivity contribution in [3.63, 3.8) is 0 Å². The maximum Gasteiger partial charge on any atom is 0.338 e. The summed E-state index contributed by atoms with van der Waals surface area (Å²) in [5.41, 5.74) is -0.0824. The molecular weight excluding hydrogens is 945 g/mol. The molecule has 0 aliphatic carbocycles. The summed E-state index contributed by atoms with van der Waals surface area (Å²) in [5, 5.41) is 0. The van der Waals surface area contributed by atoms with Gasteiger partial charge in [-0.15, -0.1) is 0 Å². The Morgan fingerprint density at radius 2 is 0.806 bits per heavy atom. The highest BCUT2D eigenvalue weighted by Crippen LogP contribution is 2.43. The molecular formula is C56H50O15S. The number of esters is 5. The molecule has 3 saturated heterocycles. The summed E-state index contributed by atoms with van der Waals surface area (Å²) in [7, 11) is 0. The average Bonchev–Trinajstić information content (AvgIpc) is 3.76. The topological polar surface area (TPSA) is 178 Å². The van der Waals surface area contributed by atoms with Gasteiger partial charge in [0.25, 0.3) is 0 Å². The van der Waals surface area contributed by atoms with E-state index in [1.54, 1.807) is 166 Å². The lowest BCUT2D eigenvalue weighted by molar-refractivity contribution is -0.325. The SMILES string of the molecule is CC1(C)O[C@H]2[C@@H](O1)[C@@H](COC(=O)c1ccccc1)O[C@@H](O[C@H]1[C@H](OC(=O)c3ccccc3)[C@@H](OC(=O)c3ccccc3)[C@H](Sc3ccccc3)O[C@@H]1COC(=O)c1ccccc1)[C@@H]2OC(=O)c1ccccc1. The summed E-state index contributed by atoms with van der Waals surface area (Å²) in [4.78, 5) is 70.6. The lowest BCUT2D eigenvalue weighted by Gasteiger charge is -2.48. The quantitative estimate of drug-likeness (QED) is 0.0665. The monoisotopic (exact) mass is 994 g/mol. The van der Waals surface area contributed by atoms with E-state index in [9.17, 15) is 24.0 Å². The molecule has 15 nitrogen and oxygen atoms in total. The maximum absolute atomic E-state index is 14.4. The van der Waals surface area contributed by atoms with Crippen LogP contribution in [0.1, 0.15) is 65.6 Å². The Morgan fingerprint density at radius 3 is 1.26 bits per heavy atom. The van der Waals surface area contributed by atoms with Crippen LogP contribution in [0.3, 0.4) is 0 Å². The summed E-state index contributed by atoms with van der Waals surface area (Å²) >= 11 is 1.17. The Bertz CT molecular complexity index is 2770. The molecule has 6 aromatic rings. The third kappa shape index (κ3) is 12.1. The van der Waals surface area contributed by atoms with Crippen molar-refractivity contribution in [1.82, 2.24) is 0 Å². The molecule has 3 fully saturated rings. The Hall–Kier alpha value is -7.18. The molecule has 72 heavy (non-hydrogen) atoms. The van der Waals surface area contributed by atoms with Gasteiger partial charge in [-0.05, 0) is 86.6 Å². The van der Waals surface area contributed by atoms with E-state index in [0.29, 0.717) is 4.90 Å². The normalized spacial score (nSPS) is 25.2. The molecule has 370 valence electrons. The average molecular weight is 995 g/mol. The van der Waals surface area contributed by atoms with Crippen LogP contribution < -0.4 is 0 Å². The Balaban J connectivity index is 1.15. The number of thioether (sulfide) groups is 1. The third-order valence-corrected chi connectivity index (χ3v) is 13.0. The van der Waals surface area contributed by atoms with E-state index in [1.165, 1.54) is 11.8 Å². The lowest BCUT2D eigenvalue weighted by atomic mass is 9.96. The summed E-state index contributed by atoms with van der Waals surface area (Å²) in [6.07, 6.45) is -12.2. The smallest absolute Gasteiger partial charge is 0.338 e. The first-order valence-corrected chi connectivity index (χ1v) is 24.1. The van der Waals surface area contributed by atoms with Gasteiger partial charge in [0.05, 0.1) is 27.8 Å². The highest BCUT2D eigenvalue weighted by Gasteiger charge is 2.60. The number of hydrogen-bond donors (Lipinski definition) is 0. The Morgan fingerprint density at radius 1 is 0.431 bits per heavy atom. The predicted octanol–water partition coefficient (Wildman–Crippen LogP) is 8.52. The number of rotatable bonds is 16. The van der Waals surface area contributed by atoms with Gasteiger partial charge in [-0.25, -0.2) is 24.0 Å². The van der Waals surface area contributed by atoms with Crippen molar-refractivity contribution in [3.05, 3.63) is 210 Å². The third-order valence-electron chi connectivity index (χ3n) is 11.8. The van der Waals surface area contributed by atoms with Gasteiger partial charge in [-0.1, -0.05) is 121 Å². The summed E-state index contributed by atoms with van der Waals surface area (Å²) < 4.78 is 64.4. The van der Waals surface area contributed by atoms with Gasteiger partial charge in [0, 0.05) is 4.90 Å². The molecule has 16 heteroatoms. The first-order valence-electron chi connectivity index (χ1n) is 23.3. The second-order valence-corrected chi connectivity index (χ2v) is 18.5. The minimum Gasteiger partial charge on any atom is -0.459 e. The van der Waals surface area contributed by atoms with Crippen LogP contribution in [-0.2, 0) is 47.4 Å². The predicted molar refractivity (Wildman–Crippen MR) is 259 cm³/mol. The van der Waals surface area contributed by atoms with E-state index in [0.717, 1.165) is 0 Å². The Labute approximate surface area is 419 Å². The van der Waals surface area contributed by atoms with Gasteiger partial charge in [0.2, 0.25) is 0 Å². The van der Waals surface area contributed by atoms with Crippen LogP contribution in [0, 0.1) is 0 Å². The van der Waals surface area contributed by atoms with Gasteiger partial charge in [0.1, 0.15) is 49.2 Å². The number of benzene rings is 6. The van der Waals surface area contributed by atoms with Crippen molar-refractivity contribution in [2.75, 3.05) is 13.2 Å². The maximum atomic E-state index is 14.4. The molecule has 3 heterocycles. The zero-order valence-corrected chi connectivity index (χ0v) is 39.9. The summed E-state index contributed by atoms with van der Waals surface area (Å²) in [6, 6.07) is 50.5. The fraction of sp³-hybridized carbons (Fsp3) is 0.268. The van der Waals surface area contributed by atoms with Crippen molar-refractivity contribution in [2.45, 2.75) is 85.1 Å². The molecule has 0 spiro atoms. The van der Waals surface area contributed by atoms with E-state index in [-0.39, 0.29) is 34.4 Å². The zero-order valence-electron chi connectivity index (χ0n) is 39.0. The van der Waals surface area contributed by atoms with Crippen LogP contribution in [0.2, 0.25) is 0 Å². The van der Waals surface area contributed by atoms with Crippen LogP contribution in [0.4, 0.5) is 0 Å². The molecule has 0 bridgehead atoms. The zero-order chi connectivity index (χ0) is 50.0. The van der Waals surface area contributed by atoms with Crippen LogP contribution in [-0.4, -0.2) is 109 Å². The van der Waals surface area contributed by atoms with Crippen molar-refractivity contribution in [3.8, 4) is 0 Å². The van der Waals surface area contributed by atoms with E-state index in [4.69, 9.17) is 47.4 Å². The molecule has 6 aromatic carbocycles. The molecule has 0 radical (unpaired) electrons. The largest absolute Gasteiger partial charge is 0.459 e. The first-order chi connectivity index (χ1) is 35.0. The molecule has 0 N–H and O–H groups in total. The minimum absolute atomic E-state index is 0.153. The second kappa shape index (κ2) is 22.9. The Kier molecular flexibility index (Phi) is 15.9. The molecule has 9 rings (SSSR count). The molecule has 0 amide bonds. The van der Waals surface area contributed by atoms with Crippen molar-refractivity contribution < 1.29 is 71.3 Å². The highest BCUT2D eigenvalue weighted by molar-refractivity contribution is 7.99. The van der Waals surface area contributed by atoms with Crippen molar-refractivity contribution in [2.24, 2.45) is 0 Å². The highest BCUT2D eigenvalue weighted by atomic mass is 32.2. The fourth-order valence-corrected chi connectivity index (χ4v) is 9.58. The lowest BCUT2D eigenvalue weighted by Crippen LogP contribution is -2.65. The van der Waals surface area contributed by atoms with Crippen molar-refractivity contribution in [1.29, 1.82) is 0 Å². The van der Waals surface area contributed by atoms with E-state index in [2.05, 4.69) is 0 Å². The number of ether oxygens (including phenoxy) is 10. The van der Waals surface area contributed by atoms with Crippen LogP contribution in [0.15, 0.2) is 187 Å². The number of carbonyl (C=O) groups is 5. The molecule has 0 unspecified atom stereocenters. The van der Waals surface area contributed by atoms with Crippen LogP contribution in [0.25, 0.3) is 0 Å². The molecule has 3 aliphatic heterocycles. The van der Waals surface area contributed by atoms with Gasteiger partial charge < -0.3 is 47.4 Å². The number of carbonyl (C=O) groups excluding carboxylic acids is 5. The molecule has 0 saturated carbocycles. The van der Waals surface area contributed by atoms with Crippen molar-refractivity contribution >= 4 is 41.6 Å². The van der Waals surface area contributed by atoms with E-state index >= 15 is 0 Å². The minimum atomic E-state index is -1.65. The molecule has 10 atom stereocenters. The molecule has 0 aromatic heterocycles. The van der Waals surface area contributed by atoms with Gasteiger partial charge >= 0.3 is 29.8 Å². The van der Waals surface area contributed by atoms with Gasteiger partial charge in [-0.3, -0.25) is 0 Å². The molecule has 3 aliphatic rings. The summed E-state index contributed by atoms with van der Waals surface area (Å²) in [6.45, 7) is 2.46. The summed E-state index contributed by atoms with van der Waals surface area (Å²) in [5.74, 6) is -5.00. The standard InChI is InChI=1S/C56H50O15S/c1-56(2)70-44-42(34-63-50(58)36-23-11-4-12-24-36)64-54(47(46(44)71-56)67-52(60)38-27-15-6-16-28-38)69-43-41(33-62-49(57)35-21-9-3-10-22-35)65-55(72-40-31-19-8-20-32-40)48(68-53(61)39-29-17-7-18-30-39)45(43)66-51(59)37-25-13-5-14-26-37/h3-32,41-48,54-55H,33-34H2,1-2H3/t41-,42-,43-,44+,45+,46+,47-,48-,54+,55+/m1/s1. The van der Waals surface area contributed by atoms with E-state index < -0.39 is 103 Å². The fourth-order valence-electron chi connectivity index (χ4n) is 8.45. The number of hydrogen-bond acceptors (Lipinski definition) is 16. The number of fused-ring (bicyclic) bond motifs is 1. The first kappa shape index (κ1) is 49.8. The van der Waals surface area contributed by atoms with Gasteiger partial charge in [-0.2, -0.15) is 0 Å². The van der Waals surface area contributed by atoms with Crippen LogP contribution in [0.5, 0.6) is 0 Å². The van der Waals surface area contributed by atoms with E-state index in [1.807, 2.05) is 30.3 Å².